The summed E-state index contributed by atoms with van der Waals surface area (Å²) in [6.45, 7) is 0.780. The lowest BCUT2D eigenvalue weighted by Gasteiger charge is -2.13. The van der Waals surface area contributed by atoms with E-state index in [2.05, 4.69) is 10.3 Å². The number of carbonyl (C=O) groups excluding carboxylic acids is 1. The highest BCUT2D eigenvalue weighted by atomic mass is 35.5. The normalized spacial score (nSPS) is 20.8. The van der Waals surface area contributed by atoms with Crippen LogP contribution in [0.1, 0.15) is 24.8 Å². The molecule has 1 saturated heterocycles. The molecule has 92 valence electrons. The van der Waals surface area contributed by atoms with Gasteiger partial charge < -0.3 is 5.32 Å². The van der Waals surface area contributed by atoms with E-state index in [1.807, 2.05) is 0 Å². The Kier molecular flexibility index (Phi) is 4.24. The SMILES string of the molecule is O=C1NCCCCC1Cc1cnc(Cl)cc1Cl. The molecule has 1 unspecified atom stereocenters. The van der Waals surface area contributed by atoms with Crippen molar-refractivity contribution in [3.63, 3.8) is 0 Å². The zero-order valence-corrected chi connectivity index (χ0v) is 10.9. The Bertz CT molecular complexity index is 423. The topological polar surface area (TPSA) is 42.0 Å². The average molecular weight is 273 g/mol. The van der Waals surface area contributed by atoms with Crippen molar-refractivity contribution in [1.29, 1.82) is 0 Å². The zero-order valence-electron chi connectivity index (χ0n) is 9.38. The van der Waals surface area contributed by atoms with E-state index in [1.165, 1.54) is 0 Å². The van der Waals surface area contributed by atoms with Crippen molar-refractivity contribution < 1.29 is 4.79 Å². The number of carbonyl (C=O) groups is 1. The standard InChI is InChI=1S/C12H14Cl2N2O/c13-10-6-11(14)16-7-9(10)5-8-3-1-2-4-15-12(8)17/h6-8H,1-5H2,(H,15,17). The molecule has 0 saturated carbocycles. The van der Waals surface area contributed by atoms with E-state index in [0.29, 0.717) is 16.6 Å². The summed E-state index contributed by atoms with van der Waals surface area (Å²) in [5.41, 5.74) is 0.887. The number of hydrogen-bond donors (Lipinski definition) is 1. The number of nitrogens with one attached hydrogen (secondary N) is 1. The van der Waals surface area contributed by atoms with Gasteiger partial charge in [0.25, 0.3) is 0 Å². The molecule has 1 aliphatic heterocycles. The number of pyridine rings is 1. The van der Waals surface area contributed by atoms with Crippen LogP contribution in [0.3, 0.4) is 0 Å². The summed E-state index contributed by atoms with van der Waals surface area (Å²) >= 11 is 11.8. The van der Waals surface area contributed by atoms with Crippen LogP contribution >= 0.6 is 23.2 Å². The molecule has 1 atom stereocenters. The van der Waals surface area contributed by atoms with Gasteiger partial charge in [-0.2, -0.15) is 0 Å². The van der Waals surface area contributed by atoms with Crippen molar-refractivity contribution in [1.82, 2.24) is 10.3 Å². The van der Waals surface area contributed by atoms with Gasteiger partial charge in [-0.1, -0.05) is 29.6 Å². The first-order valence-corrected chi connectivity index (χ1v) is 6.50. The van der Waals surface area contributed by atoms with Crippen LogP contribution in [0.25, 0.3) is 0 Å². The highest BCUT2D eigenvalue weighted by Gasteiger charge is 2.21. The molecule has 0 aromatic carbocycles. The lowest BCUT2D eigenvalue weighted by atomic mass is 9.95. The largest absolute Gasteiger partial charge is 0.356 e. The number of hydrogen-bond acceptors (Lipinski definition) is 2. The fourth-order valence-electron chi connectivity index (χ4n) is 2.05. The molecule has 1 fully saturated rings. The van der Waals surface area contributed by atoms with E-state index in [1.54, 1.807) is 12.3 Å². The highest BCUT2D eigenvalue weighted by Crippen LogP contribution is 2.24. The van der Waals surface area contributed by atoms with Gasteiger partial charge in [-0.25, -0.2) is 4.98 Å². The van der Waals surface area contributed by atoms with Crippen molar-refractivity contribution in [2.75, 3.05) is 6.54 Å². The van der Waals surface area contributed by atoms with Gasteiger partial charge in [0.1, 0.15) is 5.15 Å². The summed E-state index contributed by atoms with van der Waals surface area (Å²) in [6, 6.07) is 1.62. The molecule has 17 heavy (non-hydrogen) atoms. The van der Waals surface area contributed by atoms with Crippen LogP contribution in [0.2, 0.25) is 10.2 Å². The van der Waals surface area contributed by atoms with Crippen molar-refractivity contribution in [2.24, 2.45) is 5.92 Å². The fraction of sp³-hybridized carbons (Fsp3) is 0.500. The van der Waals surface area contributed by atoms with Gasteiger partial charge in [0.15, 0.2) is 0 Å². The molecule has 3 nitrogen and oxygen atoms in total. The van der Waals surface area contributed by atoms with Gasteiger partial charge in [0.05, 0.1) is 0 Å². The van der Waals surface area contributed by atoms with E-state index in [-0.39, 0.29) is 11.8 Å². The number of aromatic nitrogens is 1. The molecule has 5 heteroatoms. The van der Waals surface area contributed by atoms with Crippen molar-refractivity contribution in [2.45, 2.75) is 25.7 Å². The Morgan fingerprint density at radius 2 is 2.24 bits per heavy atom. The molecule has 1 amide bonds. The third kappa shape index (κ3) is 3.33. The van der Waals surface area contributed by atoms with Gasteiger partial charge in [0.2, 0.25) is 5.91 Å². The molecule has 0 bridgehead atoms. The summed E-state index contributed by atoms with van der Waals surface area (Å²) in [5.74, 6) is 0.117. The van der Waals surface area contributed by atoms with Crippen molar-refractivity contribution >= 4 is 29.1 Å². The van der Waals surface area contributed by atoms with Crippen molar-refractivity contribution in [3.8, 4) is 0 Å². The first kappa shape index (κ1) is 12.7. The van der Waals surface area contributed by atoms with Gasteiger partial charge in [-0.15, -0.1) is 0 Å². The van der Waals surface area contributed by atoms with Crippen molar-refractivity contribution in [3.05, 3.63) is 28.0 Å². The third-order valence-corrected chi connectivity index (χ3v) is 3.57. The van der Waals surface area contributed by atoms with Crippen LogP contribution in [0, 0.1) is 5.92 Å². The van der Waals surface area contributed by atoms with Gasteiger partial charge in [0, 0.05) is 23.7 Å². The molecular formula is C12H14Cl2N2O. The Labute approximate surface area is 111 Å². The van der Waals surface area contributed by atoms with Crippen LogP contribution in [0.15, 0.2) is 12.3 Å². The number of amides is 1. The fourth-order valence-corrected chi connectivity index (χ4v) is 2.49. The van der Waals surface area contributed by atoms with Gasteiger partial charge in [-0.3, -0.25) is 4.79 Å². The number of rotatable bonds is 2. The molecular weight excluding hydrogens is 259 g/mol. The molecule has 0 spiro atoms. The molecule has 1 N–H and O–H groups in total. The van der Waals surface area contributed by atoms with E-state index in [9.17, 15) is 4.79 Å². The number of nitrogens with zero attached hydrogens (tertiary/aromatic N) is 1. The van der Waals surface area contributed by atoms with E-state index >= 15 is 0 Å². The average Bonchev–Trinajstić information content (AvgIpc) is 2.48. The maximum Gasteiger partial charge on any atom is 0.223 e. The molecule has 2 heterocycles. The van der Waals surface area contributed by atoms with E-state index in [4.69, 9.17) is 23.2 Å². The summed E-state index contributed by atoms with van der Waals surface area (Å²) in [7, 11) is 0. The number of halogens is 2. The van der Waals surface area contributed by atoms with Gasteiger partial charge >= 0.3 is 0 Å². The second-order valence-electron chi connectivity index (χ2n) is 4.29. The Morgan fingerprint density at radius 1 is 1.41 bits per heavy atom. The first-order valence-electron chi connectivity index (χ1n) is 5.74. The predicted molar refractivity (Wildman–Crippen MR) is 68.3 cm³/mol. The zero-order chi connectivity index (χ0) is 12.3. The minimum absolute atomic E-state index is 0.00187. The lowest BCUT2D eigenvalue weighted by molar-refractivity contribution is -0.124. The van der Waals surface area contributed by atoms with Crippen LogP contribution < -0.4 is 5.32 Å². The van der Waals surface area contributed by atoms with Crippen LogP contribution in [-0.2, 0) is 11.2 Å². The molecule has 1 aromatic rings. The van der Waals surface area contributed by atoms with Gasteiger partial charge in [-0.05, 0) is 30.9 Å². The smallest absolute Gasteiger partial charge is 0.223 e. The quantitative estimate of drug-likeness (QED) is 0.842. The monoisotopic (exact) mass is 272 g/mol. The van der Waals surface area contributed by atoms with Crippen LogP contribution in [0.4, 0.5) is 0 Å². The van der Waals surface area contributed by atoms with E-state index < -0.39 is 0 Å². The first-order chi connectivity index (χ1) is 8.16. The summed E-state index contributed by atoms with van der Waals surface area (Å²) in [5, 5.41) is 3.88. The van der Waals surface area contributed by atoms with E-state index in [0.717, 1.165) is 31.4 Å². The summed E-state index contributed by atoms with van der Waals surface area (Å²) in [4.78, 5) is 15.8. The Morgan fingerprint density at radius 3 is 3.00 bits per heavy atom. The second-order valence-corrected chi connectivity index (χ2v) is 5.08. The molecule has 1 aliphatic rings. The maximum atomic E-state index is 11.8. The minimum Gasteiger partial charge on any atom is -0.356 e. The Hall–Kier alpha value is -0.800. The molecule has 2 rings (SSSR count). The highest BCUT2D eigenvalue weighted by molar-refractivity contribution is 6.34. The third-order valence-electron chi connectivity index (χ3n) is 3.01. The minimum atomic E-state index is -0.00187. The predicted octanol–water partition coefficient (Wildman–Crippen LogP) is 2.85. The Balaban J connectivity index is 2.10. The maximum absolute atomic E-state index is 11.8. The molecule has 0 aliphatic carbocycles. The summed E-state index contributed by atoms with van der Waals surface area (Å²) < 4.78 is 0. The molecule has 1 aromatic heterocycles. The van der Waals surface area contributed by atoms with Crippen LogP contribution in [0.5, 0.6) is 0 Å². The summed E-state index contributed by atoms with van der Waals surface area (Å²) in [6.07, 6.45) is 5.32. The second kappa shape index (κ2) is 5.69. The lowest BCUT2D eigenvalue weighted by Crippen LogP contribution is -2.30. The van der Waals surface area contributed by atoms with Crippen LogP contribution in [-0.4, -0.2) is 17.4 Å². The molecule has 0 radical (unpaired) electrons.